The number of hydrogen-bond acceptors (Lipinski definition) is 2. The summed E-state index contributed by atoms with van der Waals surface area (Å²) in [6.07, 6.45) is 7.28. The first-order valence-electron chi connectivity index (χ1n) is 5.09. The van der Waals surface area contributed by atoms with Gasteiger partial charge >= 0.3 is 0 Å². The van der Waals surface area contributed by atoms with Gasteiger partial charge in [-0.05, 0) is 51.0 Å². The molecule has 0 bridgehead atoms. The van der Waals surface area contributed by atoms with Crippen molar-refractivity contribution in [3.63, 3.8) is 0 Å². The molecule has 1 spiro atoms. The lowest BCUT2D eigenvalue weighted by molar-refractivity contribution is -0.00635. The zero-order chi connectivity index (χ0) is 8.60. The van der Waals surface area contributed by atoms with E-state index < -0.39 is 0 Å². The summed E-state index contributed by atoms with van der Waals surface area (Å²) in [7, 11) is 2.05. The van der Waals surface area contributed by atoms with Gasteiger partial charge in [0.05, 0.1) is 6.10 Å². The van der Waals surface area contributed by atoms with Crippen LogP contribution in [0.3, 0.4) is 0 Å². The van der Waals surface area contributed by atoms with Crippen LogP contribution in [0.2, 0.25) is 0 Å². The van der Waals surface area contributed by atoms with Crippen LogP contribution in [0.15, 0.2) is 0 Å². The molecule has 2 saturated carbocycles. The van der Waals surface area contributed by atoms with Gasteiger partial charge in [-0.3, -0.25) is 0 Å². The van der Waals surface area contributed by atoms with Crippen LogP contribution in [0.4, 0.5) is 0 Å². The summed E-state index contributed by atoms with van der Waals surface area (Å²) >= 11 is 0. The fraction of sp³-hybridized carbons (Fsp3) is 1.00. The topological polar surface area (TPSA) is 32.3 Å². The Morgan fingerprint density at radius 2 is 1.83 bits per heavy atom. The zero-order valence-corrected chi connectivity index (χ0v) is 7.84. The maximum absolute atomic E-state index is 9.37. The molecule has 0 aromatic carbocycles. The first-order valence-corrected chi connectivity index (χ1v) is 5.09. The minimum atomic E-state index is 0.00395. The van der Waals surface area contributed by atoms with Crippen molar-refractivity contribution in [3.05, 3.63) is 0 Å². The van der Waals surface area contributed by atoms with E-state index in [9.17, 15) is 5.11 Å². The first-order chi connectivity index (χ1) is 5.74. The zero-order valence-electron chi connectivity index (χ0n) is 7.84. The van der Waals surface area contributed by atoms with Crippen molar-refractivity contribution < 1.29 is 5.11 Å². The fourth-order valence-electron chi connectivity index (χ4n) is 2.81. The Morgan fingerprint density at radius 1 is 1.25 bits per heavy atom. The molecule has 0 heterocycles. The van der Waals surface area contributed by atoms with E-state index in [0.29, 0.717) is 5.41 Å². The maximum Gasteiger partial charge on any atom is 0.0540 e. The van der Waals surface area contributed by atoms with E-state index in [1.165, 1.54) is 25.7 Å². The maximum atomic E-state index is 9.37. The van der Waals surface area contributed by atoms with E-state index in [1.807, 2.05) is 0 Å². The second-order valence-corrected chi connectivity index (χ2v) is 4.63. The Kier molecular flexibility index (Phi) is 2.13. The molecule has 2 rings (SSSR count). The smallest absolute Gasteiger partial charge is 0.0540 e. The van der Waals surface area contributed by atoms with Gasteiger partial charge in [0.25, 0.3) is 0 Å². The summed E-state index contributed by atoms with van der Waals surface area (Å²) in [6, 6.07) is 0.764. The van der Waals surface area contributed by atoms with Crippen molar-refractivity contribution in [3.8, 4) is 0 Å². The van der Waals surface area contributed by atoms with Crippen molar-refractivity contribution in [1.29, 1.82) is 0 Å². The second-order valence-electron chi connectivity index (χ2n) is 4.63. The Labute approximate surface area is 74.4 Å². The summed E-state index contributed by atoms with van der Waals surface area (Å²) in [5.74, 6) is 0. The van der Waals surface area contributed by atoms with E-state index in [0.717, 1.165) is 18.9 Å². The molecule has 2 nitrogen and oxygen atoms in total. The van der Waals surface area contributed by atoms with Crippen LogP contribution in [-0.2, 0) is 0 Å². The summed E-state index contributed by atoms with van der Waals surface area (Å²) in [5, 5.41) is 12.7. The predicted molar refractivity (Wildman–Crippen MR) is 49.0 cm³/mol. The summed E-state index contributed by atoms with van der Waals surface area (Å²) in [5.41, 5.74) is 0.632. The number of nitrogens with one attached hydrogen (secondary N) is 1. The molecule has 12 heavy (non-hydrogen) atoms. The Morgan fingerprint density at radius 3 is 2.33 bits per heavy atom. The molecule has 0 radical (unpaired) electrons. The van der Waals surface area contributed by atoms with Crippen LogP contribution in [0.25, 0.3) is 0 Å². The van der Waals surface area contributed by atoms with Gasteiger partial charge in [0.1, 0.15) is 0 Å². The highest BCUT2D eigenvalue weighted by Crippen LogP contribution is 2.51. The van der Waals surface area contributed by atoms with Gasteiger partial charge in [0, 0.05) is 6.04 Å². The number of aliphatic hydroxyl groups excluding tert-OH is 1. The lowest BCUT2D eigenvalue weighted by Crippen LogP contribution is -2.49. The van der Waals surface area contributed by atoms with Crippen LogP contribution >= 0.6 is 0 Å². The normalized spacial score (nSPS) is 47.5. The van der Waals surface area contributed by atoms with Crippen molar-refractivity contribution in [1.82, 2.24) is 5.32 Å². The Balaban J connectivity index is 1.83. The average molecular weight is 169 g/mol. The lowest BCUT2D eigenvalue weighted by atomic mass is 9.58. The average Bonchev–Trinajstić information content (AvgIpc) is 2.02. The summed E-state index contributed by atoms with van der Waals surface area (Å²) in [4.78, 5) is 0. The SMILES string of the molecule is CNC1CC2(CCC(O)CC2)C1. The molecule has 0 aromatic rings. The van der Waals surface area contributed by atoms with Crippen molar-refractivity contribution >= 4 is 0 Å². The van der Waals surface area contributed by atoms with Gasteiger partial charge in [0.15, 0.2) is 0 Å². The molecular weight excluding hydrogens is 150 g/mol. The Bertz CT molecular complexity index is 146. The molecule has 2 heteroatoms. The highest BCUT2D eigenvalue weighted by molar-refractivity contribution is 4.99. The second kappa shape index (κ2) is 3.00. The fourth-order valence-corrected chi connectivity index (χ4v) is 2.81. The summed E-state index contributed by atoms with van der Waals surface area (Å²) in [6.45, 7) is 0. The molecule has 2 aliphatic rings. The molecule has 70 valence electrons. The van der Waals surface area contributed by atoms with E-state index in [4.69, 9.17) is 0 Å². The quantitative estimate of drug-likeness (QED) is 0.620. The molecule has 0 amide bonds. The summed E-state index contributed by atoms with van der Waals surface area (Å²) < 4.78 is 0. The monoisotopic (exact) mass is 169 g/mol. The van der Waals surface area contributed by atoms with Gasteiger partial charge in [-0.2, -0.15) is 0 Å². The lowest BCUT2D eigenvalue weighted by Gasteiger charge is -2.51. The number of hydrogen-bond donors (Lipinski definition) is 2. The van der Waals surface area contributed by atoms with Crippen molar-refractivity contribution in [2.45, 2.75) is 50.7 Å². The van der Waals surface area contributed by atoms with E-state index in [-0.39, 0.29) is 6.10 Å². The largest absolute Gasteiger partial charge is 0.393 e. The minimum absolute atomic E-state index is 0.00395. The number of aliphatic hydroxyl groups is 1. The molecule has 2 N–H and O–H groups in total. The first kappa shape index (κ1) is 8.52. The molecule has 2 aliphatic carbocycles. The molecule has 0 aromatic heterocycles. The van der Waals surface area contributed by atoms with Gasteiger partial charge in [-0.1, -0.05) is 0 Å². The number of rotatable bonds is 1. The third kappa shape index (κ3) is 1.38. The van der Waals surface area contributed by atoms with E-state index in [1.54, 1.807) is 0 Å². The predicted octanol–water partition coefficient (Wildman–Crippen LogP) is 1.29. The van der Waals surface area contributed by atoms with Gasteiger partial charge in [-0.25, -0.2) is 0 Å². The van der Waals surface area contributed by atoms with Gasteiger partial charge in [0.2, 0.25) is 0 Å². The van der Waals surface area contributed by atoms with Crippen molar-refractivity contribution in [2.24, 2.45) is 5.41 Å². The minimum Gasteiger partial charge on any atom is -0.393 e. The molecular formula is C10H19NO. The van der Waals surface area contributed by atoms with Gasteiger partial charge < -0.3 is 10.4 Å². The third-order valence-corrected chi connectivity index (χ3v) is 3.78. The standard InChI is InChI=1S/C10H19NO/c1-11-8-6-10(7-8)4-2-9(12)3-5-10/h8-9,11-12H,2-7H2,1H3. The van der Waals surface area contributed by atoms with Crippen LogP contribution < -0.4 is 5.32 Å². The highest BCUT2D eigenvalue weighted by atomic mass is 16.3. The van der Waals surface area contributed by atoms with E-state index >= 15 is 0 Å². The van der Waals surface area contributed by atoms with Crippen LogP contribution in [0.1, 0.15) is 38.5 Å². The van der Waals surface area contributed by atoms with Crippen LogP contribution in [-0.4, -0.2) is 24.3 Å². The van der Waals surface area contributed by atoms with Crippen LogP contribution in [0.5, 0.6) is 0 Å². The van der Waals surface area contributed by atoms with E-state index in [2.05, 4.69) is 12.4 Å². The molecule has 2 fully saturated rings. The van der Waals surface area contributed by atoms with Crippen LogP contribution in [0, 0.1) is 5.41 Å². The molecule has 0 unspecified atom stereocenters. The van der Waals surface area contributed by atoms with Crippen molar-refractivity contribution in [2.75, 3.05) is 7.05 Å². The highest BCUT2D eigenvalue weighted by Gasteiger charge is 2.44. The van der Waals surface area contributed by atoms with Gasteiger partial charge in [-0.15, -0.1) is 0 Å². The molecule has 0 aliphatic heterocycles. The third-order valence-electron chi connectivity index (χ3n) is 3.78. The molecule has 0 atom stereocenters. The Hall–Kier alpha value is -0.0800. The molecule has 0 saturated heterocycles.